The SMILES string of the molecule is O=C(Nc1ccccn1)c1ccccc1NC(=O)c1ccccc1[N+](=O)[O-]. The van der Waals surface area contributed by atoms with Crippen LogP contribution in [0.3, 0.4) is 0 Å². The van der Waals surface area contributed by atoms with E-state index in [1.54, 1.807) is 36.4 Å². The first-order chi connectivity index (χ1) is 13.1. The molecule has 0 atom stereocenters. The number of amides is 2. The van der Waals surface area contributed by atoms with Crippen molar-refractivity contribution in [2.45, 2.75) is 0 Å². The molecule has 0 spiro atoms. The Morgan fingerprint density at radius 3 is 2.15 bits per heavy atom. The van der Waals surface area contributed by atoms with Crippen molar-refractivity contribution in [3.8, 4) is 0 Å². The Morgan fingerprint density at radius 1 is 0.815 bits per heavy atom. The van der Waals surface area contributed by atoms with Gasteiger partial charge in [0.25, 0.3) is 17.5 Å². The summed E-state index contributed by atoms with van der Waals surface area (Å²) < 4.78 is 0. The van der Waals surface area contributed by atoms with E-state index in [4.69, 9.17) is 0 Å². The van der Waals surface area contributed by atoms with Crippen molar-refractivity contribution in [1.82, 2.24) is 4.98 Å². The van der Waals surface area contributed by atoms with Gasteiger partial charge >= 0.3 is 0 Å². The Balaban J connectivity index is 1.85. The second kappa shape index (κ2) is 7.87. The first kappa shape index (κ1) is 17.7. The van der Waals surface area contributed by atoms with E-state index >= 15 is 0 Å². The summed E-state index contributed by atoms with van der Waals surface area (Å²) in [5, 5.41) is 16.3. The van der Waals surface area contributed by atoms with Crippen molar-refractivity contribution < 1.29 is 14.5 Å². The molecule has 0 aliphatic carbocycles. The highest BCUT2D eigenvalue weighted by Crippen LogP contribution is 2.22. The van der Waals surface area contributed by atoms with Crippen molar-refractivity contribution in [2.75, 3.05) is 10.6 Å². The van der Waals surface area contributed by atoms with Gasteiger partial charge in [0, 0.05) is 12.3 Å². The summed E-state index contributed by atoms with van der Waals surface area (Å²) in [5.41, 5.74) is 0.0250. The van der Waals surface area contributed by atoms with E-state index in [1.165, 1.54) is 36.5 Å². The predicted molar refractivity (Wildman–Crippen MR) is 99.7 cm³/mol. The summed E-state index contributed by atoms with van der Waals surface area (Å²) in [6, 6.07) is 17.0. The van der Waals surface area contributed by atoms with E-state index < -0.39 is 16.7 Å². The molecule has 3 rings (SSSR count). The molecule has 0 fully saturated rings. The summed E-state index contributed by atoms with van der Waals surface area (Å²) >= 11 is 0. The van der Waals surface area contributed by atoms with Gasteiger partial charge < -0.3 is 10.6 Å². The smallest absolute Gasteiger partial charge is 0.282 e. The van der Waals surface area contributed by atoms with E-state index in [0.29, 0.717) is 5.82 Å². The van der Waals surface area contributed by atoms with Gasteiger partial charge in [-0.25, -0.2) is 4.98 Å². The Kier molecular flexibility index (Phi) is 5.17. The third kappa shape index (κ3) is 4.13. The number of anilines is 2. The van der Waals surface area contributed by atoms with E-state index in [0.717, 1.165) is 0 Å². The van der Waals surface area contributed by atoms with Crippen LogP contribution in [0.5, 0.6) is 0 Å². The van der Waals surface area contributed by atoms with Gasteiger partial charge in [0.05, 0.1) is 16.2 Å². The zero-order valence-corrected chi connectivity index (χ0v) is 14.0. The zero-order valence-electron chi connectivity index (χ0n) is 14.0. The lowest BCUT2D eigenvalue weighted by Gasteiger charge is -2.11. The number of benzene rings is 2. The summed E-state index contributed by atoms with van der Waals surface area (Å²) in [7, 11) is 0. The van der Waals surface area contributed by atoms with Gasteiger partial charge in [0.1, 0.15) is 11.4 Å². The minimum absolute atomic E-state index is 0.0950. The lowest BCUT2D eigenvalue weighted by molar-refractivity contribution is -0.385. The van der Waals surface area contributed by atoms with Crippen LogP contribution in [0.15, 0.2) is 72.9 Å². The van der Waals surface area contributed by atoms with Gasteiger partial charge in [0.2, 0.25) is 0 Å². The maximum absolute atomic E-state index is 12.5. The van der Waals surface area contributed by atoms with Crippen molar-refractivity contribution in [2.24, 2.45) is 0 Å². The van der Waals surface area contributed by atoms with Gasteiger partial charge in [-0.1, -0.05) is 30.3 Å². The molecule has 2 aromatic carbocycles. The normalized spacial score (nSPS) is 10.1. The molecule has 0 radical (unpaired) electrons. The number of nitro benzene ring substituents is 1. The van der Waals surface area contributed by atoms with Crippen LogP contribution in [0, 0.1) is 10.1 Å². The van der Waals surface area contributed by atoms with Crippen LogP contribution in [-0.4, -0.2) is 21.7 Å². The van der Waals surface area contributed by atoms with E-state index in [1.807, 2.05) is 0 Å². The van der Waals surface area contributed by atoms with Crippen molar-refractivity contribution in [3.63, 3.8) is 0 Å². The average molecular weight is 362 g/mol. The Morgan fingerprint density at radius 2 is 1.44 bits per heavy atom. The molecule has 2 N–H and O–H groups in total. The highest BCUT2D eigenvalue weighted by molar-refractivity contribution is 6.13. The number of hydrogen-bond donors (Lipinski definition) is 2. The summed E-state index contributed by atoms with van der Waals surface area (Å²) in [6.45, 7) is 0. The maximum atomic E-state index is 12.5. The second-order valence-corrected chi connectivity index (χ2v) is 5.44. The first-order valence-electron chi connectivity index (χ1n) is 7.92. The van der Waals surface area contributed by atoms with Crippen LogP contribution >= 0.6 is 0 Å². The fourth-order valence-corrected chi connectivity index (χ4v) is 2.42. The molecule has 1 heterocycles. The standard InChI is InChI=1S/C19H14N4O4/c24-18(22-17-11-5-6-12-20-17)13-7-1-3-9-15(13)21-19(25)14-8-2-4-10-16(14)23(26)27/h1-12H,(H,21,25)(H,20,22,24). The van der Waals surface area contributed by atoms with Crippen LogP contribution in [-0.2, 0) is 0 Å². The number of hydrogen-bond acceptors (Lipinski definition) is 5. The van der Waals surface area contributed by atoms with Crippen LogP contribution in [0.2, 0.25) is 0 Å². The molecular weight excluding hydrogens is 348 g/mol. The molecule has 8 heteroatoms. The number of nitrogens with zero attached hydrogens (tertiary/aromatic N) is 2. The number of para-hydroxylation sites is 2. The minimum Gasteiger partial charge on any atom is -0.321 e. The largest absolute Gasteiger partial charge is 0.321 e. The van der Waals surface area contributed by atoms with Crippen LogP contribution < -0.4 is 10.6 Å². The minimum atomic E-state index is -0.680. The maximum Gasteiger partial charge on any atom is 0.282 e. The van der Waals surface area contributed by atoms with Crippen molar-refractivity contribution >= 4 is 29.0 Å². The van der Waals surface area contributed by atoms with Crippen LogP contribution in [0.4, 0.5) is 17.2 Å². The fraction of sp³-hybridized carbons (Fsp3) is 0. The lowest BCUT2D eigenvalue weighted by Crippen LogP contribution is -2.19. The molecule has 134 valence electrons. The lowest BCUT2D eigenvalue weighted by atomic mass is 10.1. The van der Waals surface area contributed by atoms with Crippen molar-refractivity contribution in [1.29, 1.82) is 0 Å². The molecule has 3 aromatic rings. The van der Waals surface area contributed by atoms with Crippen LogP contribution in [0.25, 0.3) is 0 Å². The van der Waals surface area contributed by atoms with E-state index in [9.17, 15) is 19.7 Å². The molecule has 0 saturated carbocycles. The summed E-state index contributed by atoms with van der Waals surface area (Å²) in [4.78, 5) is 39.5. The second-order valence-electron chi connectivity index (χ2n) is 5.44. The molecule has 2 amide bonds. The number of carbonyl (C=O) groups excluding carboxylic acids is 2. The average Bonchev–Trinajstić information content (AvgIpc) is 2.69. The highest BCUT2D eigenvalue weighted by Gasteiger charge is 2.21. The molecule has 0 bridgehead atoms. The molecule has 0 unspecified atom stereocenters. The number of aromatic nitrogens is 1. The number of nitro groups is 1. The first-order valence-corrected chi connectivity index (χ1v) is 7.92. The molecule has 1 aromatic heterocycles. The number of nitrogens with one attached hydrogen (secondary N) is 2. The quantitative estimate of drug-likeness (QED) is 0.532. The monoisotopic (exact) mass is 362 g/mol. The Labute approximate surface area is 154 Å². The molecule has 27 heavy (non-hydrogen) atoms. The Bertz CT molecular complexity index is 1010. The van der Waals surface area contributed by atoms with E-state index in [-0.39, 0.29) is 22.5 Å². The molecule has 0 aliphatic heterocycles. The Hall–Kier alpha value is -4.07. The molecule has 0 saturated heterocycles. The third-order valence-electron chi connectivity index (χ3n) is 3.67. The van der Waals surface area contributed by atoms with Crippen molar-refractivity contribution in [3.05, 3.63) is 94.2 Å². The number of pyridine rings is 1. The van der Waals surface area contributed by atoms with Gasteiger partial charge in [-0.2, -0.15) is 0 Å². The summed E-state index contributed by atoms with van der Waals surface area (Å²) in [6.07, 6.45) is 1.54. The van der Waals surface area contributed by atoms with Gasteiger partial charge in [0.15, 0.2) is 0 Å². The van der Waals surface area contributed by atoms with Gasteiger partial charge in [-0.3, -0.25) is 19.7 Å². The van der Waals surface area contributed by atoms with E-state index in [2.05, 4.69) is 15.6 Å². The molecule has 0 aliphatic rings. The van der Waals surface area contributed by atoms with Gasteiger partial charge in [-0.05, 0) is 30.3 Å². The van der Waals surface area contributed by atoms with Crippen LogP contribution in [0.1, 0.15) is 20.7 Å². The third-order valence-corrected chi connectivity index (χ3v) is 3.67. The number of carbonyl (C=O) groups is 2. The predicted octanol–water partition coefficient (Wildman–Crippen LogP) is 3.49. The fourth-order valence-electron chi connectivity index (χ4n) is 2.42. The topological polar surface area (TPSA) is 114 Å². The molecule has 8 nitrogen and oxygen atoms in total. The summed E-state index contributed by atoms with van der Waals surface area (Å²) in [5.74, 6) is -0.783. The zero-order chi connectivity index (χ0) is 19.2. The highest BCUT2D eigenvalue weighted by atomic mass is 16.6. The molecular formula is C19H14N4O4. The number of rotatable bonds is 5. The van der Waals surface area contributed by atoms with Gasteiger partial charge in [-0.15, -0.1) is 0 Å².